The quantitative estimate of drug-likeness (QED) is 0.590. The molecule has 24 heavy (non-hydrogen) atoms. The molecule has 0 aliphatic carbocycles. The highest BCUT2D eigenvalue weighted by Crippen LogP contribution is 2.32. The minimum absolute atomic E-state index is 0.635. The second-order valence-corrected chi connectivity index (χ2v) is 6.79. The van der Waals surface area contributed by atoms with Gasteiger partial charge in [-0.1, -0.05) is 30.7 Å². The average molecular weight is 362 g/mol. The van der Waals surface area contributed by atoms with E-state index in [0.717, 1.165) is 46.1 Å². The minimum Gasteiger partial charge on any atom is -0.376 e. The van der Waals surface area contributed by atoms with Crippen molar-refractivity contribution in [1.82, 2.24) is 9.55 Å². The molecular weight excluding hydrogens is 341 g/mol. The Bertz CT molecular complexity index is 851. The van der Waals surface area contributed by atoms with Gasteiger partial charge in [-0.25, -0.2) is 4.98 Å². The van der Waals surface area contributed by atoms with Gasteiger partial charge in [-0.05, 0) is 36.2 Å². The average Bonchev–Trinajstić information content (AvgIpc) is 2.92. The molecule has 0 aliphatic heterocycles. The summed E-state index contributed by atoms with van der Waals surface area (Å²) in [6.07, 6.45) is 1.73. The zero-order chi connectivity index (χ0) is 17.3. The molecular formula is C19H21Cl2N3. The number of hydrogen-bond donors (Lipinski definition) is 0. The third-order valence-corrected chi connectivity index (χ3v) is 4.66. The van der Waals surface area contributed by atoms with Gasteiger partial charge in [0, 0.05) is 32.1 Å². The molecule has 126 valence electrons. The number of fused-ring (bicyclic) bond motifs is 1. The topological polar surface area (TPSA) is 21.1 Å². The zero-order valence-corrected chi connectivity index (χ0v) is 15.7. The summed E-state index contributed by atoms with van der Waals surface area (Å²) in [7, 11) is 3.97. The van der Waals surface area contributed by atoms with Crippen molar-refractivity contribution >= 4 is 39.9 Å². The van der Waals surface area contributed by atoms with E-state index in [9.17, 15) is 0 Å². The molecule has 1 aromatic heterocycles. The lowest BCUT2D eigenvalue weighted by Crippen LogP contribution is -2.09. The molecule has 0 spiro atoms. The first-order chi connectivity index (χ1) is 11.5. The van der Waals surface area contributed by atoms with Crippen molar-refractivity contribution in [2.24, 2.45) is 0 Å². The fourth-order valence-electron chi connectivity index (χ4n) is 2.93. The van der Waals surface area contributed by atoms with E-state index >= 15 is 0 Å². The van der Waals surface area contributed by atoms with Gasteiger partial charge in [0.15, 0.2) is 0 Å². The standard InChI is InChI=1S/C19H21Cl2N3/c1-4-19-22-16-12-17(23(2)3)15(21)11-18(16)24(19)14-7-5-13(6-8-14)9-10-20/h5-8,11-12H,4,9-10H2,1-3H3. The van der Waals surface area contributed by atoms with Crippen LogP contribution in [0.5, 0.6) is 0 Å². The van der Waals surface area contributed by atoms with Crippen molar-refractivity contribution in [2.45, 2.75) is 19.8 Å². The van der Waals surface area contributed by atoms with Crippen LogP contribution in [0.1, 0.15) is 18.3 Å². The Morgan fingerprint density at radius 3 is 2.42 bits per heavy atom. The first kappa shape index (κ1) is 17.1. The van der Waals surface area contributed by atoms with E-state index in [4.69, 9.17) is 28.2 Å². The number of anilines is 1. The summed E-state index contributed by atoms with van der Waals surface area (Å²) < 4.78 is 2.19. The molecule has 3 aromatic rings. The summed E-state index contributed by atoms with van der Waals surface area (Å²) in [5, 5.41) is 0.732. The smallest absolute Gasteiger partial charge is 0.114 e. The molecule has 0 saturated heterocycles. The molecule has 0 N–H and O–H groups in total. The van der Waals surface area contributed by atoms with Gasteiger partial charge < -0.3 is 4.90 Å². The van der Waals surface area contributed by atoms with E-state index in [1.807, 2.05) is 25.1 Å². The number of halogens is 2. The van der Waals surface area contributed by atoms with E-state index in [1.54, 1.807) is 0 Å². The van der Waals surface area contributed by atoms with Crippen LogP contribution in [0.3, 0.4) is 0 Å². The number of nitrogens with zero attached hydrogens (tertiary/aromatic N) is 3. The SMILES string of the molecule is CCc1nc2cc(N(C)C)c(Cl)cc2n1-c1ccc(CCCl)cc1. The van der Waals surface area contributed by atoms with Crippen LogP contribution in [0, 0.1) is 0 Å². The van der Waals surface area contributed by atoms with Crippen molar-refractivity contribution < 1.29 is 0 Å². The van der Waals surface area contributed by atoms with E-state index in [2.05, 4.69) is 41.8 Å². The summed E-state index contributed by atoms with van der Waals surface area (Å²) in [5.74, 6) is 1.67. The molecule has 0 saturated carbocycles. The molecule has 0 unspecified atom stereocenters. The zero-order valence-electron chi connectivity index (χ0n) is 14.2. The molecule has 0 amide bonds. The Kier molecular flexibility index (Phi) is 5.02. The molecule has 2 aromatic carbocycles. The number of rotatable bonds is 5. The summed E-state index contributed by atoms with van der Waals surface area (Å²) in [6.45, 7) is 2.12. The van der Waals surface area contributed by atoms with Crippen molar-refractivity contribution in [1.29, 1.82) is 0 Å². The molecule has 5 heteroatoms. The maximum Gasteiger partial charge on any atom is 0.114 e. The van der Waals surface area contributed by atoms with Gasteiger partial charge in [-0.2, -0.15) is 0 Å². The van der Waals surface area contributed by atoms with Crippen LogP contribution in [-0.2, 0) is 12.8 Å². The summed E-state index contributed by atoms with van der Waals surface area (Å²) in [5.41, 5.74) is 5.32. The highest BCUT2D eigenvalue weighted by Gasteiger charge is 2.14. The fraction of sp³-hybridized carbons (Fsp3) is 0.316. The molecule has 3 nitrogen and oxygen atoms in total. The summed E-state index contributed by atoms with van der Waals surface area (Å²) in [6, 6.07) is 12.5. The van der Waals surface area contributed by atoms with Crippen LogP contribution < -0.4 is 4.90 Å². The molecule has 0 fully saturated rings. The van der Waals surface area contributed by atoms with Crippen molar-refractivity contribution in [3.05, 3.63) is 52.8 Å². The Balaban J connectivity index is 2.17. The predicted molar refractivity (Wildman–Crippen MR) is 104 cm³/mol. The van der Waals surface area contributed by atoms with Gasteiger partial charge >= 0.3 is 0 Å². The van der Waals surface area contributed by atoms with Gasteiger partial charge in [-0.15, -0.1) is 11.6 Å². The largest absolute Gasteiger partial charge is 0.376 e. The van der Waals surface area contributed by atoms with Gasteiger partial charge in [0.25, 0.3) is 0 Å². The summed E-state index contributed by atoms with van der Waals surface area (Å²) in [4.78, 5) is 6.81. The third kappa shape index (κ3) is 3.11. The highest BCUT2D eigenvalue weighted by atomic mass is 35.5. The third-order valence-electron chi connectivity index (χ3n) is 4.17. The monoisotopic (exact) mass is 361 g/mol. The van der Waals surface area contributed by atoms with Gasteiger partial charge in [0.1, 0.15) is 5.82 Å². The first-order valence-corrected chi connectivity index (χ1v) is 9.00. The molecule has 0 radical (unpaired) electrons. The maximum absolute atomic E-state index is 6.48. The Hall–Kier alpha value is -1.71. The van der Waals surface area contributed by atoms with Crippen molar-refractivity contribution in [3.63, 3.8) is 0 Å². The van der Waals surface area contributed by atoms with Crippen LogP contribution in [0.15, 0.2) is 36.4 Å². The number of benzene rings is 2. The molecule has 0 bridgehead atoms. The lowest BCUT2D eigenvalue weighted by Gasteiger charge is -2.15. The van der Waals surface area contributed by atoms with Gasteiger partial charge in [-0.3, -0.25) is 4.57 Å². The van der Waals surface area contributed by atoms with Crippen LogP contribution >= 0.6 is 23.2 Å². The Morgan fingerprint density at radius 1 is 1.12 bits per heavy atom. The van der Waals surface area contributed by atoms with Crippen molar-refractivity contribution in [3.8, 4) is 5.69 Å². The highest BCUT2D eigenvalue weighted by molar-refractivity contribution is 6.34. The van der Waals surface area contributed by atoms with Crippen molar-refractivity contribution in [2.75, 3.05) is 24.9 Å². The number of hydrogen-bond acceptors (Lipinski definition) is 2. The van der Waals surface area contributed by atoms with E-state index in [-0.39, 0.29) is 0 Å². The minimum atomic E-state index is 0.635. The van der Waals surface area contributed by atoms with E-state index in [1.165, 1.54) is 5.56 Å². The maximum atomic E-state index is 6.48. The number of aromatic nitrogens is 2. The van der Waals surface area contributed by atoms with Crippen LogP contribution in [-0.4, -0.2) is 29.5 Å². The molecule has 3 rings (SSSR count). The summed E-state index contributed by atoms with van der Waals surface area (Å²) >= 11 is 12.3. The molecule has 0 aliphatic rings. The normalized spacial score (nSPS) is 11.2. The molecule has 0 atom stereocenters. The number of alkyl halides is 1. The van der Waals surface area contributed by atoms with Crippen LogP contribution in [0.25, 0.3) is 16.7 Å². The lowest BCUT2D eigenvalue weighted by molar-refractivity contribution is 0.907. The number of aryl methyl sites for hydroxylation is 2. The molecule has 1 heterocycles. The second kappa shape index (κ2) is 7.04. The van der Waals surface area contributed by atoms with E-state index in [0.29, 0.717) is 5.88 Å². The van der Waals surface area contributed by atoms with E-state index < -0.39 is 0 Å². The second-order valence-electron chi connectivity index (χ2n) is 6.01. The van der Waals surface area contributed by atoms with Crippen LogP contribution in [0.4, 0.5) is 5.69 Å². The number of imidazole rings is 1. The van der Waals surface area contributed by atoms with Crippen LogP contribution in [0.2, 0.25) is 5.02 Å². The first-order valence-electron chi connectivity index (χ1n) is 8.08. The lowest BCUT2D eigenvalue weighted by atomic mass is 10.1. The Morgan fingerprint density at radius 2 is 1.83 bits per heavy atom. The fourth-order valence-corrected chi connectivity index (χ4v) is 3.47. The predicted octanol–water partition coefficient (Wildman–Crippen LogP) is 5.09. The Labute approximate surface area is 152 Å². The van der Waals surface area contributed by atoms with Gasteiger partial charge in [0.05, 0.1) is 21.7 Å². The van der Waals surface area contributed by atoms with Gasteiger partial charge in [0.2, 0.25) is 0 Å².